The van der Waals surface area contributed by atoms with Crippen molar-refractivity contribution in [3.8, 4) is 0 Å². The van der Waals surface area contributed by atoms with E-state index in [2.05, 4.69) is 43.9 Å². The summed E-state index contributed by atoms with van der Waals surface area (Å²) >= 11 is 6.43. The molecular weight excluding hydrogens is 564 g/mol. The molecule has 0 unspecified atom stereocenters. The van der Waals surface area contributed by atoms with E-state index in [1.165, 1.54) is 0 Å². The Morgan fingerprint density at radius 3 is 2.66 bits per heavy atom. The number of hydrogen-bond donors (Lipinski definition) is 2. The Morgan fingerprint density at radius 1 is 1.38 bits per heavy atom. The summed E-state index contributed by atoms with van der Waals surface area (Å²) < 4.78 is 24.9. The number of allylic oxidation sites excluding steroid dienone is 1. The highest BCUT2D eigenvalue weighted by molar-refractivity contribution is 14.2. The van der Waals surface area contributed by atoms with Crippen LogP contribution in [0.15, 0.2) is 12.2 Å². The first kappa shape index (κ1) is 26.7. The Labute approximate surface area is 213 Å². The third-order valence-corrected chi connectivity index (χ3v) is 6.20. The minimum atomic E-state index is -0.704. The fourth-order valence-electron chi connectivity index (χ4n) is 4.65. The fraction of sp³-hybridized carbons (Fsp3) is 0.857. The predicted octanol–water partition coefficient (Wildman–Crippen LogP) is 3.56. The quantitative estimate of drug-likeness (QED) is 0.236. The zero-order valence-corrected chi connectivity index (χ0v) is 22.7. The van der Waals surface area contributed by atoms with Gasteiger partial charge in [-0.05, 0) is 66.0 Å². The van der Waals surface area contributed by atoms with Gasteiger partial charge >= 0.3 is 6.03 Å². The summed E-state index contributed by atoms with van der Waals surface area (Å²) in [7, 11) is 0. The first-order valence-electron chi connectivity index (χ1n) is 11.8. The van der Waals surface area contributed by atoms with Crippen LogP contribution in [0.25, 0.3) is 0 Å². The van der Waals surface area contributed by atoms with Crippen molar-refractivity contribution in [1.82, 2.24) is 9.80 Å². The minimum absolute atomic E-state index is 0.00242. The van der Waals surface area contributed by atoms with Gasteiger partial charge in [0.15, 0.2) is 5.79 Å². The van der Waals surface area contributed by atoms with Gasteiger partial charge in [-0.1, -0.05) is 19.1 Å². The average molecular weight is 603 g/mol. The monoisotopic (exact) mass is 603 g/mol. The molecule has 3 N–H and O–H groups in total. The third kappa shape index (κ3) is 8.69. The molecule has 0 radical (unpaired) electrons. The molecule has 3 saturated heterocycles. The first-order chi connectivity index (χ1) is 16.0. The number of aliphatic hydroxyl groups excluding tert-OH is 1. The number of likely N-dealkylation sites (tertiary alicyclic amines) is 1. The molecule has 0 aliphatic carbocycles. The largest absolute Gasteiger partial charge is 0.389 e. The lowest BCUT2D eigenvalue weighted by molar-refractivity contribution is -0.277. The van der Waals surface area contributed by atoms with Crippen LogP contribution in [0.3, 0.4) is 0 Å². The summed E-state index contributed by atoms with van der Waals surface area (Å²) in [4.78, 5) is 17.5. The van der Waals surface area contributed by atoms with Crippen LogP contribution in [0, 0.1) is 0 Å². The second-order valence-electron chi connectivity index (χ2n) is 8.25. The first-order valence-corrected chi connectivity index (χ1v) is 16.1. The van der Waals surface area contributed by atoms with Crippen molar-refractivity contribution in [2.45, 2.75) is 76.0 Å². The molecule has 3 atom stereocenters. The number of carbonyl (C=O) groups is 1. The number of hydrogen-bond acceptors (Lipinski definition) is 7. The van der Waals surface area contributed by atoms with E-state index in [4.69, 9.17) is 21.4 Å². The molecule has 3 aliphatic heterocycles. The molecule has 0 aromatic rings. The molecule has 0 saturated carbocycles. The van der Waals surface area contributed by atoms with Gasteiger partial charge in [-0.3, -0.25) is 4.90 Å². The Morgan fingerprint density at radius 2 is 2.06 bits per heavy atom. The number of urea groups is 1. The van der Waals surface area contributed by atoms with Gasteiger partial charge in [0.05, 0.1) is 38.7 Å². The highest BCUT2D eigenvalue weighted by Crippen LogP contribution is 2.37. The maximum atomic E-state index is 12.4. The van der Waals surface area contributed by atoms with Crippen LogP contribution in [-0.4, -0.2) is 86.0 Å². The number of rotatable bonds is 9. The molecule has 2 amide bonds. The number of nitrogens with zero attached hydrogens (tertiary/aromatic N) is 2. The van der Waals surface area contributed by atoms with Gasteiger partial charge in [0.2, 0.25) is 1.43 Å². The van der Waals surface area contributed by atoms with Crippen LogP contribution in [0.2, 0.25) is 0 Å². The van der Waals surface area contributed by atoms with Crippen molar-refractivity contribution in [2.24, 2.45) is 5.73 Å². The number of ether oxygens (including phenoxy) is 3. The topological polar surface area (TPSA) is 97.5 Å². The Balaban J connectivity index is 0.00000122. The standard InChI is InChI=1S/C21H37N3O5.IPS/c1-2-18(25)6-3-4-9-21(28-12-5-13-29-21)16-17-7-8-19(24(17)20(22)26)23-10-14-27-15-11-23;1-2-3/h3,6,17-19,25H,2,4-5,7-16H2,1H3,(H2,22,26);/b6-3-;/t17-,18+,19+;/m0./s1/i25T;. The summed E-state index contributed by atoms with van der Waals surface area (Å²) in [5.74, 6) is -0.704. The molecule has 184 valence electrons. The third-order valence-electron chi connectivity index (χ3n) is 6.20. The van der Waals surface area contributed by atoms with Gasteiger partial charge in [-0.2, -0.15) is 0 Å². The van der Waals surface area contributed by atoms with E-state index in [0.717, 1.165) is 50.2 Å². The number of aliphatic hydroxyl groups is 1. The van der Waals surface area contributed by atoms with E-state index in [-0.39, 0.29) is 24.3 Å². The van der Waals surface area contributed by atoms with Crippen LogP contribution in [0.4, 0.5) is 4.79 Å². The lowest BCUT2D eigenvalue weighted by Gasteiger charge is -2.42. The highest BCUT2D eigenvalue weighted by Gasteiger charge is 2.45. The van der Waals surface area contributed by atoms with Crippen LogP contribution >= 0.6 is 27.0 Å². The molecule has 8 nitrogen and oxygen atoms in total. The SMILES string of the molecule is S=PI.[3H]O[C@@H](/C=C\CCC1(C[C@@H]2CC[C@H](N3CCOCC3)N2C(N)=O)OCCCO1)CC. The Bertz CT molecular complexity index is 623. The van der Waals surface area contributed by atoms with E-state index >= 15 is 0 Å². The summed E-state index contributed by atoms with van der Waals surface area (Å²) in [6.07, 6.45) is 9.30. The van der Waals surface area contributed by atoms with E-state index in [0.29, 0.717) is 39.3 Å². The minimum Gasteiger partial charge on any atom is -0.389 e. The zero-order chi connectivity index (χ0) is 24.1. The molecule has 3 fully saturated rings. The number of carbonyl (C=O) groups excluding carboxylic acids is 1. The maximum Gasteiger partial charge on any atom is 0.316 e. The lowest BCUT2D eigenvalue weighted by Crippen LogP contribution is -2.56. The van der Waals surface area contributed by atoms with Gasteiger partial charge in [0, 0.05) is 37.0 Å². The molecule has 0 aromatic carbocycles. The number of nitrogens with two attached hydrogens (primary N) is 1. The van der Waals surface area contributed by atoms with Crippen molar-refractivity contribution in [1.29, 1.82) is 1.43 Å². The molecular formula is C21H37IN3O5PS. The second-order valence-corrected chi connectivity index (χ2v) is 12.4. The molecule has 11 heteroatoms. The molecule has 3 rings (SSSR count). The second kappa shape index (κ2) is 15.1. The Kier molecular flexibility index (Phi) is 12.6. The van der Waals surface area contributed by atoms with Gasteiger partial charge in [0.25, 0.3) is 0 Å². The van der Waals surface area contributed by atoms with Gasteiger partial charge in [-0.15, -0.1) is 0 Å². The summed E-state index contributed by atoms with van der Waals surface area (Å²) in [5, 5.41) is 4.66. The van der Waals surface area contributed by atoms with Crippen LogP contribution in [0.5, 0.6) is 0 Å². The molecule has 3 aliphatic rings. The van der Waals surface area contributed by atoms with Crippen molar-refractivity contribution in [3.63, 3.8) is 0 Å². The Hall–Kier alpha value is 0.0600. The van der Waals surface area contributed by atoms with Crippen LogP contribution < -0.4 is 5.73 Å². The lowest BCUT2D eigenvalue weighted by atomic mass is 9.98. The van der Waals surface area contributed by atoms with E-state index in [9.17, 15) is 4.79 Å². The molecule has 0 spiro atoms. The van der Waals surface area contributed by atoms with E-state index in [1.807, 2.05) is 24.0 Å². The van der Waals surface area contributed by atoms with Crippen LogP contribution in [-0.2, 0) is 26.0 Å². The van der Waals surface area contributed by atoms with Gasteiger partial charge in [-0.25, -0.2) is 4.79 Å². The normalized spacial score (nSPS) is 27.7. The number of morpholine rings is 1. The molecule has 3 heterocycles. The highest BCUT2D eigenvalue weighted by atomic mass is 127. The van der Waals surface area contributed by atoms with Crippen molar-refractivity contribution >= 4 is 44.9 Å². The summed E-state index contributed by atoms with van der Waals surface area (Å²) in [6.45, 7) is 6.33. The molecule has 0 aromatic heterocycles. The summed E-state index contributed by atoms with van der Waals surface area (Å²) in [6, 6.07) is -0.379. The van der Waals surface area contributed by atoms with Crippen molar-refractivity contribution in [2.75, 3.05) is 39.5 Å². The predicted molar refractivity (Wildman–Crippen MR) is 137 cm³/mol. The van der Waals surface area contributed by atoms with Gasteiger partial charge < -0.3 is 30.0 Å². The van der Waals surface area contributed by atoms with Gasteiger partial charge in [0.1, 0.15) is 0 Å². The van der Waals surface area contributed by atoms with Crippen molar-refractivity contribution < 1.29 is 24.1 Å². The summed E-state index contributed by atoms with van der Waals surface area (Å²) in [5.41, 5.74) is 5.82. The van der Waals surface area contributed by atoms with Crippen molar-refractivity contribution in [3.05, 3.63) is 12.2 Å². The maximum absolute atomic E-state index is 12.4. The molecule has 0 bridgehead atoms. The van der Waals surface area contributed by atoms with E-state index < -0.39 is 5.79 Å². The van der Waals surface area contributed by atoms with Crippen LogP contribution in [0.1, 0.15) is 51.9 Å². The zero-order valence-electron chi connectivity index (χ0n) is 19.8. The molecule has 32 heavy (non-hydrogen) atoms. The smallest absolute Gasteiger partial charge is 0.316 e. The number of halogens is 1. The fourth-order valence-corrected chi connectivity index (χ4v) is 4.65. The number of primary amides is 1. The van der Waals surface area contributed by atoms with E-state index in [1.54, 1.807) is 0 Å². The number of amides is 2. The average Bonchev–Trinajstić information content (AvgIpc) is 3.24.